The number of hydrogen-bond acceptors (Lipinski definition) is 3. The minimum absolute atomic E-state index is 0.186. The Kier molecular flexibility index (Phi) is 9.96. The van der Waals surface area contributed by atoms with Gasteiger partial charge in [0.2, 0.25) is 0 Å². The summed E-state index contributed by atoms with van der Waals surface area (Å²) in [5.74, 6) is -1.01. The summed E-state index contributed by atoms with van der Waals surface area (Å²) < 4.78 is 67.9. The zero-order valence-electron chi connectivity index (χ0n) is 21.2. The van der Waals surface area contributed by atoms with E-state index in [1.165, 1.54) is 16.4 Å². The highest BCUT2D eigenvalue weighted by Gasteiger charge is 2.32. The molecule has 0 spiro atoms. The Morgan fingerprint density at radius 2 is 1.47 bits per heavy atom. The minimum atomic E-state index is -4.56. The van der Waals surface area contributed by atoms with Crippen LogP contribution in [0.5, 0.6) is 0 Å². The number of carbonyl (C=O) groups is 1. The van der Waals surface area contributed by atoms with Gasteiger partial charge in [-0.1, -0.05) is 62.9 Å². The minimum Gasteiger partial charge on any atom is -0.478 e. The first-order valence-electron chi connectivity index (χ1n) is 12.6. The third-order valence-electron chi connectivity index (χ3n) is 6.38. The Morgan fingerprint density at radius 3 is 2.08 bits per heavy atom. The predicted molar refractivity (Wildman–Crippen MR) is 142 cm³/mol. The van der Waals surface area contributed by atoms with Gasteiger partial charge in [-0.3, -0.25) is 4.31 Å². The van der Waals surface area contributed by atoms with Gasteiger partial charge in [-0.2, -0.15) is 13.2 Å². The highest BCUT2D eigenvalue weighted by Crippen LogP contribution is 2.32. The van der Waals surface area contributed by atoms with Crippen molar-refractivity contribution in [3.63, 3.8) is 0 Å². The van der Waals surface area contributed by atoms with Gasteiger partial charge in [0, 0.05) is 6.54 Å². The number of sulfonamides is 1. The smallest absolute Gasteiger partial charge is 0.416 e. The summed E-state index contributed by atoms with van der Waals surface area (Å²) in [6.07, 6.45) is 1.01. The van der Waals surface area contributed by atoms with Gasteiger partial charge in [-0.25, -0.2) is 13.2 Å². The molecule has 0 aliphatic heterocycles. The van der Waals surface area contributed by atoms with E-state index in [-0.39, 0.29) is 17.0 Å². The number of carboxylic acids is 1. The fourth-order valence-electron chi connectivity index (χ4n) is 4.23. The third kappa shape index (κ3) is 7.60. The van der Waals surface area contributed by atoms with Crippen molar-refractivity contribution >= 4 is 21.7 Å². The maximum atomic E-state index is 13.7. The lowest BCUT2D eigenvalue weighted by atomic mass is 10.0. The first-order chi connectivity index (χ1) is 18.0. The maximum Gasteiger partial charge on any atom is 0.416 e. The van der Waals surface area contributed by atoms with Crippen LogP contribution in [0.1, 0.15) is 66.1 Å². The van der Waals surface area contributed by atoms with Crippen LogP contribution in [-0.4, -0.2) is 26.0 Å². The number of rotatable bonds is 13. The molecule has 0 atom stereocenters. The fraction of sp³-hybridized carbons (Fsp3) is 0.345. The predicted octanol–water partition coefficient (Wildman–Crippen LogP) is 7.35. The summed E-state index contributed by atoms with van der Waals surface area (Å²) in [5, 5.41) is 9.11. The van der Waals surface area contributed by atoms with Gasteiger partial charge in [0.1, 0.15) is 0 Å². The molecule has 0 fully saturated rings. The molecule has 1 N–H and O–H groups in total. The van der Waals surface area contributed by atoms with Crippen LogP contribution in [0.25, 0.3) is 0 Å². The third-order valence-corrected chi connectivity index (χ3v) is 8.21. The molecule has 0 aliphatic rings. The zero-order chi connectivity index (χ0) is 27.8. The van der Waals surface area contributed by atoms with E-state index >= 15 is 0 Å². The Labute approximate surface area is 222 Å². The van der Waals surface area contributed by atoms with E-state index in [4.69, 9.17) is 5.11 Å². The topological polar surface area (TPSA) is 74.7 Å². The highest BCUT2D eigenvalue weighted by atomic mass is 32.2. The molecule has 3 aromatic carbocycles. The fourth-order valence-corrected chi connectivity index (χ4v) is 5.77. The molecule has 0 radical (unpaired) electrons. The first-order valence-corrected chi connectivity index (χ1v) is 14.1. The SMILES string of the molecule is CCCCCCCN(c1ccccc1CCc1ccc(C(=O)O)cc1)S(=O)(=O)c1ccc(C(F)(F)F)cc1. The van der Waals surface area contributed by atoms with Crippen LogP contribution in [0.4, 0.5) is 18.9 Å². The lowest BCUT2D eigenvalue weighted by Crippen LogP contribution is -2.33. The Bertz CT molecular complexity index is 1300. The standard InChI is InChI=1S/C29H32F3NO4S/c1-2-3-4-5-8-21-33(38(36,37)26-19-17-25(18-20-26)29(30,31)32)27-10-7-6-9-23(27)14-11-22-12-15-24(16-13-22)28(34)35/h6-7,9-10,12-13,15-20H,2-5,8,11,14,21H2,1H3,(H,34,35). The molecule has 0 unspecified atom stereocenters. The van der Waals surface area contributed by atoms with E-state index < -0.39 is 27.7 Å². The van der Waals surface area contributed by atoms with E-state index in [1.807, 2.05) is 12.1 Å². The number of unbranched alkanes of at least 4 members (excludes halogenated alkanes) is 4. The van der Waals surface area contributed by atoms with Gasteiger partial charge >= 0.3 is 12.1 Å². The van der Waals surface area contributed by atoms with Crippen molar-refractivity contribution in [3.8, 4) is 0 Å². The van der Waals surface area contributed by atoms with Gasteiger partial charge < -0.3 is 5.11 Å². The second-order valence-corrected chi connectivity index (χ2v) is 11.0. The molecule has 0 heterocycles. The number of hydrogen-bond donors (Lipinski definition) is 1. The summed E-state index contributed by atoms with van der Waals surface area (Å²) in [6.45, 7) is 2.30. The molecule has 0 bridgehead atoms. The monoisotopic (exact) mass is 547 g/mol. The summed E-state index contributed by atoms with van der Waals surface area (Å²) >= 11 is 0. The van der Waals surface area contributed by atoms with Gasteiger partial charge in [-0.15, -0.1) is 0 Å². The average molecular weight is 548 g/mol. The number of aryl methyl sites for hydroxylation is 2. The molecule has 0 saturated heterocycles. The van der Waals surface area contributed by atoms with Crippen molar-refractivity contribution in [3.05, 3.63) is 95.1 Å². The number of aromatic carboxylic acids is 1. The van der Waals surface area contributed by atoms with E-state index in [0.29, 0.717) is 24.9 Å². The molecule has 0 amide bonds. The van der Waals surface area contributed by atoms with Crippen LogP contribution >= 0.6 is 0 Å². The van der Waals surface area contributed by atoms with Crippen molar-refractivity contribution < 1.29 is 31.5 Å². The van der Waals surface area contributed by atoms with Gasteiger partial charge in [-0.05, 0) is 72.9 Å². The summed E-state index contributed by atoms with van der Waals surface area (Å²) in [5.41, 5.74) is 1.45. The van der Waals surface area contributed by atoms with E-state index in [0.717, 1.165) is 61.1 Å². The lowest BCUT2D eigenvalue weighted by Gasteiger charge is -2.27. The molecule has 3 aromatic rings. The van der Waals surface area contributed by atoms with Crippen LogP contribution in [-0.2, 0) is 29.0 Å². The van der Waals surface area contributed by atoms with Crippen molar-refractivity contribution in [2.45, 2.75) is 62.9 Å². The molecule has 204 valence electrons. The number of anilines is 1. The molecule has 0 aromatic heterocycles. The molecule has 38 heavy (non-hydrogen) atoms. The van der Waals surface area contributed by atoms with Crippen molar-refractivity contribution in [2.75, 3.05) is 10.8 Å². The van der Waals surface area contributed by atoms with Crippen LogP contribution in [0.15, 0.2) is 77.7 Å². The average Bonchev–Trinajstić information content (AvgIpc) is 2.89. The number of nitrogens with zero attached hydrogens (tertiary/aromatic N) is 1. The molecule has 3 rings (SSSR count). The second kappa shape index (κ2) is 13.0. The van der Waals surface area contributed by atoms with Crippen LogP contribution in [0.3, 0.4) is 0 Å². The van der Waals surface area contributed by atoms with E-state index in [2.05, 4.69) is 6.92 Å². The largest absolute Gasteiger partial charge is 0.478 e. The maximum absolute atomic E-state index is 13.7. The summed E-state index contributed by atoms with van der Waals surface area (Å²) in [6, 6.07) is 17.2. The molecular formula is C29H32F3NO4S. The normalized spacial score (nSPS) is 11.9. The first kappa shape index (κ1) is 29.2. The van der Waals surface area contributed by atoms with Crippen LogP contribution in [0, 0.1) is 0 Å². The number of benzene rings is 3. The van der Waals surface area contributed by atoms with Crippen molar-refractivity contribution in [1.29, 1.82) is 0 Å². The molecule has 0 saturated carbocycles. The summed E-state index contributed by atoms with van der Waals surface area (Å²) in [7, 11) is -4.13. The lowest BCUT2D eigenvalue weighted by molar-refractivity contribution is -0.137. The Hall–Kier alpha value is -3.33. The Morgan fingerprint density at radius 1 is 0.842 bits per heavy atom. The summed E-state index contributed by atoms with van der Waals surface area (Å²) in [4.78, 5) is 10.9. The molecular weight excluding hydrogens is 515 g/mol. The number of halogens is 3. The molecule has 9 heteroatoms. The number of alkyl halides is 3. The molecule has 0 aliphatic carbocycles. The van der Waals surface area contributed by atoms with Crippen molar-refractivity contribution in [2.24, 2.45) is 0 Å². The van der Waals surface area contributed by atoms with Crippen LogP contribution < -0.4 is 4.31 Å². The highest BCUT2D eigenvalue weighted by molar-refractivity contribution is 7.92. The number of para-hydroxylation sites is 1. The second-order valence-electron chi connectivity index (χ2n) is 9.14. The quantitative estimate of drug-likeness (QED) is 0.227. The molecule has 5 nitrogen and oxygen atoms in total. The Balaban J connectivity index is 1.91. The van der Waals surface area contributed by atoms with Crippen LogP contribution in [0.2, 0.25) is 0 Å². The van der Waals surface area contributed by atoms with Crippen molar-refractivity contribution in [1.82, 2.24) is 0 Å². The van der Waals surface area contributed by atoms with Gasteiger partial charge in [0.15, 0.2) is 0 Å². The van der Waals surface area contributed by atoms with Gasteiger partial charge in [0.25, 0.3) is 10.0 Å². The van der Waals surface area contributed by atoms with E-state index in [9.17, 15) is 26.4 Å². The van der Waals surface area contributed by atoms with Gasteiger partial charge in [0.05, 0.1) is 21.7 Å². The number of carboxylic acid groups (broad SMARTS) is 1. The zero-order valence-corrected chi connectivity index (χ0v) is 22.1. The van der Waals surface area contributed by atoms with E-state index in [1.54, 1.807) is 24.3 Å².